The molecule has 18 heavy (non-hydrogen) atoms. The van der Waals surface area contributed by atoms with Crippen molar-refractivity contribution < 1.29 is 5.11 Å². The summed E-state index contributed by atoms with van der Waals surface area (Å²) in [6.07, 6.45) is 5.13. The third-order valence-electron chi connectivity index (χ3n) is 2.96. The maximum atomic E-state index is 9.37. The van der Waals surface area contributed by atoms with Gasteiger partial charge in [0, 0.05) is 11.7 Å². The zero-order valence-electron chi connectivity index (χ0n) is 11.4. The highest BCUT2D eigenvalue weighted by Crippen LogP contribution is 2.18. The number of hydrogen-bond acceptors (Lipinski definition) is 4. The molecule has 0 spiro atoms. The van der Waals surface area contributed by atoms with Gasteiger partial charge in [-0.05, 0) is 44.2 Å². The third kappa shape index (κ3) is 5.85. The fourth-order valence-electron chi connectivity index (χ4n) is 1.88. The van der Waals surface area contributed by atoms with E-state index in [2.05, 4.69) is 24.1 Å². The molecule has 0 aliphatic heterocycles. The van der Waals surface area contributed by atoms with E-state index in [1.54, 1.807) is 11.8 Å². The lowest BCUT2D eigenvalue weighted by atomic mass is 9.96. The first-order valence-corrected chi connectivity index (χ1v) is 7.58. The Morgan fingerprint density at radius 2 is 2.22 bits per heavy atom. The molecule has 1 rings (SSSR count). The zero-order valence-corrected chi connectivity index (χ0v) is 12.2. The largest absolute Gasteiger partial charge is 0.394 e. The lowest BCUT2D eigenvalue weighted by molar-refractivity contribution is 0.165. The van der Waals surface area contributed by atoms with Crippen molar-refractivity contribution >= 4 is 11.8 Å². The number of aliphatic hydroxyl groups excluding tert-OH is 1. The van der Waals surface area contributed by atoms with Crippen LogP contribution in [0.25, 0.3) is 0 Å². The predicted molar refractivity (Wildman–Crippen MR) is 78.0 cm³/mol. The van der Waals surface area contributed by atoms with Crippen LogP contribution in [0.5, 0.6) is 0 Å². The summed E-state index contributed by atoms with van der Waals surface area (Å²) < 4.78 is 0. The SMILES string of the molecule is CCNC(C)(CO)CCCCSc1ccccn1. The molecule has 4 heteroatoms. The molecule has 1 unspecified atom stereocenters. The molecule has 0 fully saturated rings. The van der Waals surface area contributed by atoms with Crippen LogP contribution in [0.4, 0.5) is 0 Å². The van der Waals surface area contributed by atoms with Crippen LogP contribution in [0.1, 0.15) is 33.1 Å². The Morgan fingerprint density at radius 1 is 1.39 bits per heavy atom. The van der Waals surface area contributed by atoms with Crippen molar-refractivity contribution in [3.63, 3.8) is 0 Å². The molecular formula is C14H24N2OS. The van der Waals surface area contributed by atoms with Gasteiger partial charge in [-0.25, -0.2) is 4.98 Å². The van der Waals surface area contributed by atoms with Gasteiger partial charge in [-0.3, -0.25) is 0 Å². The summed E-state index contributed by atoms with van der Waals surface area (Å²) in [5.74, 6) is 1.09. The highest BCUT2D eigenvalue weighted by Gasteiger charge is 2.20. The van der Waals surface area contributed by atoms with Crippen molar-refractivity contribution in [2.45, 2.75) is 43.7 Å². The van der Waals surface area contributed by atoms with E-state index in [-0.39, 0.29) is 12.1 Å². The van der Waals surface area contributed by atoms with E-state index in [9.17, 15) is 5.11 Å². The fraction of sp³-hybridized carbons (Fsp3) is 0.643. The molecule has 102 valence electrons. The van der Waals surface area contributed by atoms with Gasteiger partial charge >= 0.3 is 0 Å². The molecule has 0 saturated carbocycles. The molecule has 0 aliphatic rings. The smallest absolute Gasteiger partial charge is 0.0959 e. The van der Waals surface area contributed by atoms with Crippen molar-refractivity contribution in [1.29, 1.82) is 0 Å². The highest BCUT2D eigenvalue weighted by molar-refractivity contribution is 7.99. The average molecular weight is 268 g/mol. The molecule has 1 aromatic heterocycles. The number of pyridine rings is 1. The Morgan fingerprint density at radius 3 is 2.83 bits per heavy atom. The van der Waals surface area contributed by atoms with Gasteiger partial charge < -0.3 is 10.4 Å². The topological polar surface area (TPSA) is 45.1 Å². The quantitative estimate of drug-likeness (QED) is 0.534. The number of aromatic nitrogens is 1. The molecule has 3 nitrogen and oxygen atoms in total. The van der Waals surface area contributed by atoms with Crippen LogP contribution in [0.15, 0.2) is 29.4 Å². The first kappa shape index (κ1) is 15.5. The summed E-state index contributed by atoms with van der Waals surface area (Å²) >= 11 is 1.80. The number of likely N-dealkylation sites (N-methyl/N-ethyl adjacent to an activating group) is 1. The Balaban J connectivity index is 2.15. The first-order valence-electron chi connectivity index (χ1n) is 6.60. The van der Waals surface area contributed by atoms with E-state index >= 15 is 0 Å². The number of thioether (sulfide) groups is 1. The summed E-state index contributed by atoms with van der Waals surface area (Å²) in [6.45, 7) is 5.27. The second-order valence-electron chi connectivity index (χ2n) is 4.72. The van der Waals surface area contributed by atoms with Crippen LogP contribution in [-0.4, -0.2) is 34.5 Å². The van der Waals surface area contributed by atoms with Gasteiger partial charge in [0.15, 0.2) is 0 Å². The zero-order chi connectivity index (χ0) is 13.3. The van der Waals surface area contributed by atoms with Gasteiger partial charge in [0.1, 0.15) is 0 Å². The first-order chi connectivity index (χ1) is 8.70. The van der Waals surface area contributed by atoms with Gasteiger partial charge in [-0.15, -0.1) is 11.8 Å². The molecule has 0 aromatic carbocycles. The molecule has 2 N–H and O–H groups in total. The number of hydrogen-bond donors (Lipinski definition) is 2. The molecule has 0 bridgehead atoms. The van der Waals surface area contributed by atoms with Gasteiger partial charge in [0.25, 0.3) is 0 Å². The van der Waals surface area contributed by atoms with E-state index in [4.69, 9.17) is 0 Å². The van der Waals surface area contributed by atoms with Crippen LogP contribution >= 0.6 is 11.8 Å². The Labute approximate surface area is 114 Å². The third-order valence-corrected chi connectivity index (χ3v) is 3.99. The minimum absolute atomic E-state index is 0.121. The summed E-state index contributed by atoms with van der Waals surface area (Å²) in [7, 11) is 0. The van der Waals surface area contributed by atoms with Gasteiger partial charge in [0.05, 0.1) is 11.6 Å². The van der Waals surface area contributed by atoms with E-state index in [1.165, 1.54) is 0 Å². The normalized spacial score (nSPS) is 14.4. The molecule has 0 radical (unpaired) electrons. The molecule has 0 aliphatic carbocycles. The number of rotatable bonds is 9. The van der Waals surface area contributed by atoms with E-state index in [1.807, 2.05) is 24.4 Å². The van der Waals surface area contributed by atoms with Crippen molar-refractivity contribution in [2.75, 3.05) is 18.9 Å². The van der Waals surface area contributed by atoms with Gasteiger partial charge in [-0.2, -0.15) is 0 Å². The van der Waals surface area contributed by atoms with E-state index in [0.717, 1.165) is 36.6 Å². The molecule has 0 amide bonds. The monoisotopic (exact) mass is 268 g/mol. The summed E-state index contributed by atoms with van der Waals surface area (Å²) in [6, 6.07) is 6.00. The average Bonchev–Trinajstić information content (AvgIpc) is 2.40. The summed E-state index contributed by atoms with van der Waals surface area (Å²) in [4.78, 5) is 4.28. The number of nitrogens with zero attached hydrogens (tertiary/aromatic N) is 1. The van der Waals surface area contributed by atoms with Crippen LogP contribution in [0.2, 0.25) is 0 Å². The fourth-order valence-corrected chi connectivity index (χ4v) is 2.74. The number of unbranched alkanes of at least 4 members (excludes halogenated alkanes) is 1. The Kier molecular flexibility index (Phi) is 7.32. The predicted octanol–water partition coefficient (Wildman–Crippen LogP) is 2.70. The maximum absolute atomic E-state index is 9.37. The Hall–Kier alpha value is -0.580. The molecule has 0 saturated heterocycles. The summed E-state index contributed by atoms with van der Waals surface area (Å²) in [5.41, 5.74) is -0.121. The summed E-state index contributed by atoms with van der Waals surface area (Å²) in [5, 5.41) is 13.8. The van der Waals surface area contributed by atoms with E-state index < -0.39 is 0 Å². The number of aliphatic hydroxyl groups is 1. The second kappa shape index (κ2) is 8.51. The second-order valence-corrected chi connectivity index (χ2v) is 5.84. The van der Waals surface area contributed by atoms with Crippen molar-refractivity contribution in [1.82, 2.24) is 10.3 Å². The van der Waals surface area contributed by atoms with Crippen LogP contribution in [0.3, 0.4) is 0 Å². The van der Waals surface area contributed by atoms with E-state index in [0.29, 0.717) is 0 Å². The molecule has 1 heterocycles. The van der Waals surface area contributed by atoms with Crippen molar-refractivity contribution in [3.05, 3.63) is 24.4 Å². The maximum Gasteiger partial charge on any atom is 0.0959 e. The molecular weight excluding hydrogens is 244 g/mol. The number of nitrogens with one attached hydrogen (secondary N) is 1. The van der Waals surface area contributed by atoms with Crippen LogP contribution in [-0.2, 0) is 0 Å². The minimum atomic E-state index is -0.121. The van der Waals surface area contributed by atoms with Crippen LogP contribution < -0.4 is 5.32 Å². The lowest BCUT2D eigenvalue weighted by Crippen LogP contribution is -2.45. The standard InChI is InChI=1S/C14H24N2OS/c1-3-16-14(2,12-17)9-5-7-11-18-13-8-4-6-10-15-13/h4,6,8,10,16-17H,3,5,7,9,11-12H2,1-2H3. The molecule has 1 aromatic rings. The van der Waals surface area contributed by atoms with Gasteiger partial charge in [-0.1, -0.05) is 19.4 Å². The lowest BCUT2D eigenvalue weighted by Gasteiger charge is -2.28. The van der Waals surface area contributed by atoms with Crippen molar-refractivity contribution in [2.24, 2.45) is 0 Å². The Bertz CT molecular complexity index is 321. The van der Waals surface area contributed by atoms with Gasteiger partial charge in [0.2, 0.25) is 0 Å². The van der Waals surface area contributed by atoms with Crippen molar-refractivity contribution in [3.8, 4) is 0 Å². The minimum Gasteiger partial charge on any atom is -0.394 e. The highest BCUT2D eigenvalue weighted by atomic mass is 32.2. The molecule has 1 atom stereocenters. The van der Waals surface area contributed by atoms with Crippen LogP contribution in [0, 0.1) is 0 Å².